The number of amides is 1. The van der Waals surface area contributed by atoms with Crippen LogP contribution in [0.15, 0.2) is 52.1 Å². The summed E-state index contributed by atoms with van der Waals surface area (Å²) in [5.74, 6) is -0.114. The minimum Gasteiger partial charge on any atom is -0.431 e. The lowest BCUT2D eigenvalue weighted by Gasteiger charge is -2.05. The highest BCUT2D eigenvalue weighted by molar-refractivity contribution is 7.99. The number of thioether (sulfide) groups is 1. The third-order valence-corrected chi connectivity index (χ3v) is 4.27. The Hall–Kier alpha value is -2.31. The largest absolute Gasteiger partial charge is 0.431 e. The molecule has 1 aromatic heterocycles. The molecule has 1 heterocycles. The molecule has 0 aliphatic heterocycles. The minimum atomic E-state index is -0.207. The van der Waals surface area contributed by atoms with E-state index in [1.165, 1.54) is 18.7 Å². The van der Waals surface area contributed by atoms with Crippen molar-refractivity contribution in [3.8, 4) is 0 Å². The van der Waals surface area contributed by atoms with Gasteiger partial charge in [-0.3, -0.25) is 9.59 Å². The molecule has 0 saturated heterocycles. The summed E-state index contributed by atoms with van der Waals surface area (Å²) >= 11 is 7.09. The van der Waals surface area contributed by atoms with Gasteiger partial charge in [-0.1, -0.05) is 35.5 Å². The average Bonchev–Trinajstić information content (AvgIpc) is 2.95. The number of hydrogen-bond acceptors (Lipinski definition) is 5. The van der Waals surface area contributed by atoms with E-state index >= 15 is 0 Å². The summed E-state index contributed by atoms with van der Waals surface area (Å²) in [7, 11) is 0. The topological polar surface area (TPSA) is 72.2 Å². The van der Waals surface area contributed by atoms with Gasteiger partial charge in [0.1, 0.15) is 5.52 Å². The maximum atomic E-state index is 12.0. The van der Waals surface area contributed by atoms with Crippen molar-refractivity contribution in [1.82, 2.24) is 4.98 Å². The van der Waals surface area contributed by atoms with E-state index in [-0.39, 0.29) is 17.4 Å². The molecule has 24 heavy (non-hydrogen) atoms. The number of fused-ring (bicyclic) bond motifs is 1. The molecule has 1 amide bonds. The summed E-state index contributed by atoms with van der Waals surface area (Å²) in [4.78, 5) is 27.7. The Morgan fingerprint density at radius 1 is 1.25 bits per heavy atom. The molecular weight excluding hydrogens is 348 g/mol. The zero-order chi connectivity index (χ0) is 17.1. The van der Waals surface area contributed by atoms with E-state index in [4.69, 9.17) is 16.0 Å². The van der Waals surface area contributed by atoms with E-state index in [1.54, 1.807) is 42.5 Å². The van der Waals surface area contributed by atoms with E-state index in [1.807, 2.05) is 0 Å². The van der Waals surface area contributed by atoms with Crippen molar-refractivity contribution in [2.24, 2.45) is 0 Å². The fraction of sp³-hybridized carbons (Fsp3) is 0.118. The molecule has 0 bridgehead atoms. The van der Waals surface area contributed by atoms with Gasteiger partial charge in [-0.2, -0.15) is 0 Å². The van der Waals surface area contributed by atoms with E-state index in [0.717, 1.165) is 0 Å². The molecule has 0 spiro atoms. The zero-order valence-corrected chi connectivity index (χ0v) is 14.3. The van der Waals surface area contributed by atoms with Crippen LogP contribution in [-0.4, -0.2) is 22.4 Å². The fourth-order valence-electron chi connectivity index (χ4n) is 2.08. The number of nitrogens with zero attached hydrogens (tertiary/aromatic N) is 1. The van der Waals surface area contributed by atoms with E-state index in [2.05, 4.69) is 10.3 Å². The number of hydrogen-bond donors (Lipinski definition) is 1. The number of benzene rings is 2. The second-order valence-electron chi connectivity index (χ2n) is 5.07. The maximum absolute atomic E-state index is 12.0. The molecule has 5 nitrogen and oxygen atoms in total. The second-order valence-corrected chi connectivity index (χ2v) is 6.43. The summed E-state index contributed by atoms with van der Waals surface area (Å²) in [5, 5.41) is 3.73. The molecule has 0 aliphatic carbocycles. The lowest BCUT2D eigenvalue weighted by Crippen LogP contribution is -2.14. The molecule has 0 atom stereocenters. The fourth-order valence-corrected chi connectivity index (χ4v) is 2.89. The molecule has 1 N–H and O–H groups in total. The SMILES string of the molecule is CC(=O)c1cccc(NC(=O)CSc2nc3cc(Cl)ccc3o2)c1. The normalized spacial score (nSPS) is 10.8. The Kier molecular flexibility index (Phi) is 4.87. The van der Waals surface area contributed by atoms with Gasteiger partial charge in [0.05, 0.1) is 5.75 Å². The summed E-state index contributed by atoms with van der Waals surface area (Å²) < 4.78 is 5.54. The quantitative estimate of drug-likeness (QED) is 0.538. The number of carbonyl (C=O) groups excluding carboxylic acids is 2. The summed E-state index contributed by atoms with van der Waals surface area (Å²) in [6, 6.07) is 12.0. The Morgan fingerprint density at radius 2 is 2.08 bits per heavy atom. The number of Topliss-reactive ketones (excluding diaryl/α,β-unsaturated/α-hetero) is 1. The van der Waals surface area contributed by atoms with E-state index in [0.29, 0.717) is 32.6 Å². The first-order valence-corrected chi connectivity index (χ1v) is 8.47. The van der Waals surface area contributed by atoms with E-state index < -0.39 is 0 Å². The molecule has 0 saturated carbocycles. The molecule has 0 radical (unpaired) electrons. The highest BCUT2D eigenvalue weighted by Crippen LogP contribution is 2.25. The number of aromatic nitrogens is 1. The summed E-state index contributed by atoms with van der Waals surface area (Å²) in [6.45, 7) is 1.48. The first kappa shape index (κ1) is 16.5. The Bertz CT molecular complexity index is 923. The van der Waals surface area contributed by atoms with Gasteiger partial charge < -0.3 is 9.73 Å². The van der Waals surface area contributed by atoms with Crippen LogP contribution in [0.2, 0.25) is 5.02 Å². The van der Waals surface area contributed by atoms with Crippen LogP contribution in [-0.2, 0) is 4.79 Å². The van der Waals surface area contributed by atoms with Crippen LogP contribution in [0.1, 0.15) is 17.3 Å². The van der Waals surface area contributed by atoms with Crippen molar-refractivity contribution < 1.29 is 14.0 Å². The number of carbonyl (C=O) groups is 2. The van der Waals surface area contributed by atoms with Crippen LogP contribution >= 0.6 is 23.4 Å². The molecule has 3 aromatic rings. The monoisotopic (exact) mass is 360 g/mol. The molecule has 0 unspecified atom stereocenters. The molecule has 0 fully saturated rings. The minimum absolute atomic E-state index is 0.0504. The van der Waals surface area contributed by atoms with Crippen LogP contribution in [0.5, 0.6) is 0 Å². The Balaban J connectivity index is 1.62. The third kappa shape index (κ3) is 3.96. The lowest BCUT2D eigenvalue weighted by atomic mass is 10.1. The molecule has 2 aromatic carbocycles. The Labute approximate surface area is 147 Å². The van der Waals surface area contributed by atoms with Crippen LogP contribution in [0.3, 0.4) is 0 Å². The highest BCUT2D eigenvalue weighted by Gasteiger charge is 2.10. The number of anilines is 1. The molecule has 0 aliphatic rings. The van der Waals surface area contributed by atoms with Crippen molar-refractivity contribution in [2.45, 2.75) is 12.1 Å². The van der Waals surface area contributed by atoms with Crippen molar-refractivity contribution in [3.63, 3.8) is 0 Å². The predicted octanol–water partition coefficient (Wildman–Crippen LogP) is 4.41. The van der Waals surface area contributed by atoms with Crippen molar-refractivity contribution in [3.05, 3.63) is 53.1 Å². The van der Waals surface area contributed by atoms with Gasteiger partial charge in [0.15, 0.2) is 11.4 Å². The van der Waals surface area contributed by atoms with Crippen molar-refractivity contribution in [2.75, 3.05) is 11.1 Å². The molecule has 122 valence electrons. The third-order valence-electron chi connectivity index (χ3n) is 3.21. The molecule has 3 rings (SSSR count). The van der Waals surface area contributed by atoms with Gasteiger partial charge in [0, 0.05) is 16.3 Å². The number of nitrogens with one attached hydrogen (secondary N) is 1. The molecule has 7 heteroatoms. The lowest BCUT2D eigenvalue weighted by molar-refractivity contribution is -0.113. The van der Waals surface area contributed by atoms with Gasteiger partial charge in [-0.05, 0) is 37.3 Å². The van der Waals surface area contributed by atoms with Crippen LogP contribution in [0, 0.1) is 0 Å². The van der Waals surface area contributed by atoms with Crippen molar-refractivity contribution in [1.29, 1.82) is 0 Å². The number of rotatable bonds is 5. The molecular formula is C17H13ClN2O3S. The van der Waals surface area contributed by atoms with Gasteiger partial charge in [-0.15, -0.1) is 0 Å². The number of ketones is 1. The highest BCUT2D eigenvalue weighted by atomic mass is 35.5. The standard InChI is InChI=1S/C17H13ClN2O3S/c1-10(21)11-3-2-4-13(7-11)19-16(22)9-24-17-20-14-8-12(18)5-6-15(14)23-17/h2-8H,9H2,1H3,(H,19,22). The maximum Gasteiger partial charge on any atom is 0.257 e. The van der Waals surface area contributed by atoms with Gasteiger partial charge in [0.25, 0.3) is 5.22 Å². The van der Waals surface area contributed by atoms with Gasteiger partial charge in [0.2, 0.25) is 5.91 Å². The first-order valence-electron chi connectivity index (χ1n) is 7.11. The first-order chi connectivity index (χ1) is 11.5. The summed E-state index contributed by atoms with van der Waals surface area (Å²) in [5.41, 5.74) is 2.41. The van der Waals surface area contributed by atoms with Crippen LogP contribution in [0.25, 0.3) is 11.1 Å². The van der Waals surface area contributed by atoms with E-state index in [9.17, 15) is 9.59 Å². The van der Waals surface area contributed by atoms with Gasteiger partial charge in [-0.25, -0.2) is 4.98 Å². The zero-order valence-electron chi connectivity index (χ0n) is 12.7. The average molecular weight is 361 g/mol. The number of halogens is 1. The predicted molar refractivity (Wildman–Crippen MR) is 94.8 cm³/mol. The Morgan fingerprint density at radius 3 is 2.88 bits per heavy atom. The van der Waals surface area contributed by atoms with Gasteiger partial charge >= 0.3 is 0 Å². The number of oxazole rings is 1. The second kappa shape index (κ2) is 7.07. The summed E-state index contributed by atoms with van der Waals surface area (Å²) in [6.07, 6.45) is 0. The van der Waals surface area contributed by atoms with Crippen LogP contribution < -0.4 is 5.32 Å². The van der Waals surface area contributed by atoms with Crippen molar-refractivity contribution >= 4 is 51.8 Å². The smallest absolute Gasteiger partial charge is 0.257 e. The van der Waals surface area contributed by atoms with Crippen LogP contribution in [0.4, 0.5) is 5.69 Å².